The van der Waals surface area contributed by atoms with Gasteiger partial charge in [0.1, 0.15) is 13.2 Å². The first-order chi connectivity index (χ1) is 36.0. The predicted molar refractivity (Wildman–Crippen MR) is 316 cm³/mol. The predicted octanol–water partition coefficient (Wildman–Crippen LogP) is 20.7. The van der Waals surface area contributed by atoms with Gasteiger partial charge in [-0.05, 0) is 122 Å². The number of hydrogen-bond donors (Lipinski definition) is 0. The standard InChI is InChI=1S/C67H112O6/c1-4-7-10-13-16-19-22-25-27-29-31-33-35-37-39-42-45-48-51-54-57-60-66(69)72-63-64(62-71-65(68)59-56-53-50-47-44-41-24-21-18-15-12-9-6-3)73-67(70)61-58-55-52-49-46-43-40-38-36-34-32-30-28-26-23-20-17-14-11-8-5-2/h7,9-10,12,16,18-19,21,23,25-27,30-33,41,44,64H,4-6,8,11,13-15,17,20,22,24,28-29,34-40,42-43,45-63H2,1-3H3/b10-7-,12-9-,19-16-,21-18-,26-23-,27-25-,32-30-,33-31-,44-41-. The van der Waals surface area contributed by atoms with E-state index in [1.54, 1.807) is 0 Å². The van der Waals surface area contributed by atoms with Crippen LogP contribution in [0, 0.1) is 0 Å². The van der Waals surface area contributed by atoms with Crippen LogP contribution in [-0.4, -0.2) is 37.2 Å². The van der Waals surface area contributed by atoms with Gasteiger partial charge in [-0.25, -0.2) is 0 Å². The summed E-state index contributed by atoms with van der Waals surface area (Å²) in [5.41, 5.74) is 0. The molecule has 73 heavy (non-hydrogen) atoms. The van der Waals surface area contributed by atoms with Gasteiger partial charge in [0.15, 0.2) is 6.10 Å². The molecule has 416 valence electrons. The van der Waals surface area contributed by atoms with Gasteiger partial charge >= 0.3 is 17.9 Å². The lowest BCUT2D eigenvalue weighted by atomic mass is 10.1. The monoisotopic (exact) mass is 1010 g/mol. The number of ether oxygens (including phenoxy) is 3. The summed E-state index contributed by atoms with van der Waals surface area (Å²) < 4.78 is 16.9. The van der Waals surface area contributed by atoms with Crippen molar-refractivity contribution in [2.45, 2.75) is 284 Å². The fourth-order valence-electron chi connectivity index (χ4n) is 8.24. The Morgan fingerprint density at radius 2 is 0.534 bits per heavy atom. The van der Waals surface area contributed by atoms with E-state index in [4.69, 9.17) is 14.2 Å². The molecule has 0 aromatic carbocycles. The van der Waals surface area contributed by atoms with Gasteiger partial charge in [-0.3, -0.25) is 14.4 Å². The largest absolute Gasteiger partial charge is 0.462 e. The lowest BCUT2D eigenvalue weighted by molar-refractivity contribution is -0.167. The summed E-state index contributed by atoms with van der Waals surface area (Å²) in [4.78, 5) is 38.2. The number of carbonyl (C=O) groups excluding carboxylic acids is 3. The van der Waals surface area contributed by atoms with E-state index in [1.807, 2.05) is 0 Å². The molecule has 0 saturated carbocycles. The summed E-state index contributed by atoms with van der Waals surface area (Å²) in [6.45, 7) is 6.38. The maximum Gasteiger partial charge on any atom is 0.306 e. The Bertz CT molecular complexity index is 1490. The van der Waals surface area contributed by atoms with Crippen LogP contribution >= 0.6 is 0 Å². The molecule has 0 aliphatic rings. The van der Waals surface area contributed by atoms with Crippen LogP contribution in [0.15, 0.2) is 109 Å². The van der Waals surface area contributed by atoms with Crippen molar-refractivity contribution in [3.05, 3.63) is 109 Å². The van der Waals surface area contributed by atoms with Crippen molar-refractivity contribution in [2.75, 3.05) is 13.2 Å². The summed E-state index contributed by atoms with van der Waals surface area (Å²) in [7, 11) is 0. The van der Waals surface area contributed by atoms with Crippen molar-refractivity contribution in [1.29, 1.82) is 0 Å². The van der Waals surface area contributed by atoms with E-state index < -0.39 is 6.10 Å². The molecule has 0 aromatic heterocycles. The second-order valence-corrected chi connectivity index (χ2v) is 19.8. The molecule has 0 radical (unpaired) electrons. The maximum absolute atomic E-state index is 12.9. The van der Waals surface area contributed by atoms with E-state index in [2.05, 4.69) is 130 Å². The molecule has 6 nitrogen and oxygen atoms in total. The lowest BCUT2D eigenvalue weighted by Gasteiger charge is -2.18. The molecule has 0 amide bonds. The van der Waals surface area contributed by atoms with Crippen LogP contribution in [0.5, 0.6) is 0 Å². The normalized spacial score (nSPS) is 12.9. The fourth-order valence-corrected chi connectivity index (χ4v) is 8.24. The minimum absolute atomic E-state index is 0.0946. The average Bonchev–Trinajstić information content (AvgIpc) is 3.39. The number of unbranched alkanes of at least 4 members (excludes halogenated alkanes) is 25. The molecule has 0 fully saturated rings. The number of rotatable bonds is 54. The smallest absolute Gasteiger partial charge is 0.306 e. The highest BCUT2D eigenvalue weighted by molar-refractivity contribution is 5.71. The SMILES string of the molecule is CC/C=C\C/C=C\C/C=C\C/C=C\CCCCCCCCCCC(=O)OCC(COC(=O)CCCCC/C=C\C/C=C\C/C=C\CC)OC(=O)CCCCCCCCCCC/C=C\C/C=C\CCCCCCC. The zero-order valence-corrected chi connectivity index (χ0v) is 47.6. The first-order valence-electron chi connectivity index (χ1n) is 30.4. The van der Waals surface area contributed by atoms with Gasteiger partial charge in [-0.2, -0.15) is 0 Å². The summed E-state index contributed by atoms with van der Waals surface area (Å²) in [6, 6.07) is 0. The molecular weight excluding hydrogens is 901 g/mol. The van der Waals surface area contributed by atoms with E-state index in [9.17, 15) is 14.4 Å². The Hall–Kier alpha value is -3.93. The van der Waals surface area contributed by atoms with Crippen LogP contribution in [0.3, 0.4) is 0 Å². The van der Waals surface area contributed by atoms with Crippen LogP contribution in [0.1, 0.15) is 278 Å². The lowest BCUT2D eigenvalue weighted by Crippen LogP contribution is -2.30. The number of allylic oxidation sites excluding steroid dienone is 18. The van der Waals surface area contributed by atoms with Gasteiger partial charge in [0.2, 0.25) is 0 Å². The third-order valence-corrected chi connectivity index (χ3v) is 12.7. The molecule has 0 N–H and O–H groups in total. The van der Waals surface area contributed by atoms with E-state index in [0.29, 0.717) is 19.3 Å². The molecule has 0 heterocycles. The Balaban J connectivity index is 4.40. The van der Waals surface area contributed by atoms with Crippen LogP contribution in [0.4, 0.5) is 0 Å². The third kappa shape index (κ3) is 58.8. The Kier molecular flexibility index (Phi) is 57.4. The van der Waals surface area contributed by atoms with Gasteiger partial charge in [-0.15, -0.1) is 0 Å². The summed E-state index contributed by atoms with van der Waals surface area (Å²) >= 11 is 0. The fraction of sp³-hybridized carbons (Fsp3) is 0.687. The van der Waals surface area contributed by atoms with Crippen molar-refractivity contribution < 1.29 is 28.6 Å². The zero-order valence-electron chi connectivity index (χ0n) is 47.6. The quantitative estimate of drug-likeness (QED) is 0.0261. The molecule has 1 unspecified atom stereocenters. The van der Waals surface area contributed by atoms with Gasteiger partial charge in [-0.1, -0.05) is 246 Å². The topological polar surface area (TPSA) is 78.9 Å². The molecule has 0 saturated heterocycles. The maximum atomic E-state index is 12.9. The molecule has 0 rings (SSSR count). The number of esters is 3. The van der Waals surface area contributed by atoms with Gasteiger partial charge in [0.25, 0.3) is 0 Å². The van der Waals surface area contributed by atoms with Crippen LogP contribution < -0.4 is 0 Å². The van der Waals surface area contributed by atoms with Crippen LogP contribution in [0.25, 0.3) is 0 Å². The van der Waals surface area contributed by atoms with Gasteiger partial charge in [0.05, 0.1) is 0 Å². The second-order valence-electron chi connectivity index (χ2n) is 19.8. The molecule has 0 aromatic rings. The Morgan fingerprint density at radius 1 is 0.288 bits per heavy atom. The first-order valence-corrected chi connectivity index (χ1v) is 30.4. The second kappa shape index (κ2) is 60.6. The highest BCUT2D eigenvalue weighted by atomic mass is 16.6. The van der Waals surface area contributed by atoms with Gasteiger partial charge in [0, 0.05) is 19.3 Å². The molecule has 1 atom stereocenters. The zero-order chi connectivity index (χ0) is 52.9. The van der Waals surface area contributed by atoms with E-state index in [1.165, 1.54) is 116 Å². The van der Waals surface area contributed by atoms with Crippen molar-refractivity contribution >= 4 is 17.9 Å². The molecular formula is C67H112O6. The molecule has 0 aliphatic carbocycles. The highest BCUT2D eigenvalue weighted by Gasteiger charge is 2.19. The minimum atomic E-state index is -0.799. The van der Waals surface area contributed by atoms with Crippen molar-refractivity contribution in [3.63, 3.8) is 0 Å². The van der Waals surface area contributed by atoms with E-state index in [-0.39, 0.29) is 31.1 Å². The minimum Gasteiger partial charge on any atom is -0.462 e. The highest BCUT2D eigenvalue weighted by Crippen LogP contribution is 2.15. The number of hydrogen-bond acceptors (Lipinski definition) is 6. The summed E-state index contributed by atoms with van der Waals surface area (Å²) in [6.07, 6.45) is 82.3. The van der Waals surface area contributed by atoms with Crippen molar-refractivity contribution in [2.24, 2.45) is 0 Å². The van der Waals surface area contributed by atoms with E-state index in [0.717, 1.165) is 122 Å². The number of carbonyl (C=O) groups is 3. The molecule has 6 heteroatoms. The van der Waals surface area contributed by atoms with Crippen molar-refractivity contribution in [1.82, 2.24) is 0 Å². The van der Waals surface area contributed by atoms with Crippen LogP contribution in [0.2, 0.25) is 0 Å². The molecule has 0 spiro atoms. The van der Waals surface area contributed by atoms with Gasteiger partial charge < -0.3 is 14.2 Å². The average molecular weight is 1010 g/mol. The van der Waals surface area contributed by atoms with Crippen molar-refractivity contribution in [3.8, 4) is 0 Å². The van der Waals surface area contributed by atoms with E-state index >= 15 is 0 Å². The summed E-state index contributed by atoms with van der Waals surface area (Å²) in [5.74, 6) is -0.933. The Morgan fingerprint density at radius 3 is 0.849 bits per heavy atom. The molecule has 0 aliphatic heterocycles. The summed E-state index contributed by atoms with van der Waals surface area (Å²) in [5, 5.41) is 0. The molecule has 0 bridgehead atoms. The Labute approximate surface area is 450 Å². The van der Waals surface area contributed by atoms with Crippen LogP contribution in [-0.2, 0) is 28.6 Å². The third-order valence-electron chi connectivity index (χ3n) is 12.7. The first kappa shape index (κ1) is 69.1.